The van der Waals surface area contributed by atoms with Gasteiger partial charge in [-0.3, -0.25) is 4.79 Å². The molecule has 12 heteroatoms. The number of aliphatic hydroxyl groups excluding tert-OH is 6. The predicted octanol–water partition coefficient (Wildman–Crippen LogP) is -0.0840. The minimum atomic E-state index is -1.77. The van der Waals surface area contributed by atoms with Crippen molar-refractivity contribution in [3.63, 3.8) is 0 Å². The average molecular weight is 547 g/mol. The topological polar surface area (TPSA) is 200 Å². The maximum Gasteiger partial charge on any atom is 0.229 e. The lowest BCUT2D eigenvalue weighted by atomic mass is 9.92. The molecule has 1 aromatic heterocycles. The highest BCUT2D eigenvalue weighted by Crippen LogP contribution is 2.45. The van der Waals surface area contributed by atoms with E-state index in [9.17, 15) is 40.5 Å². The SMILES string of the molecule is CC1OC(c2c(OC3OC(CO)C(O)C(O)C3O)cc3oc(-c4ccccc4)cc(=O)c3c2O)CC(O)C1O. The van der Waals surface area contributed by atoms with E-state index in [1.54, 1.807) is 30.3 Å². The number of phenols is 1. The maximum absolute atomic E-state index is 13.2. The van der Waals surface area contributed by atoms with Gasteiger partial charge in [-0.2, -0.15) is 0 Å². The molecule has 210 valence electrons. The largest absolute Gasteiger partial charge is 0.506 e. The fourth-order valence-corrected chi connectivity index (χ4v) is 4.99. The smallest absolute Gasteiger partial charge is 0.229 e. The third kappa shape index (κ3) is 5.01. The number of rotatable bonds is 5. The third-order valence-electron chi connectivity index (χ3n) is 7.18. The normalized spacial score (nSPS) is 33.3. The molecule has 0 spiro atoms. The van der Waals surface area contributed by atoms with Crippen LogP contribution < -0.4 is 10.2 Å². The molecule has 0 radical (unpaired) electrons. The van der Waals surface area contributed by atoms with Crippen molar-refractivity contribution in [1.82, 2.24) is 0 Å². The monoisotopic (exact) mass is 546 g/mol. The quantitative estimate of drug-likeness (QED) is 0.225. The minimum absolute atomic E-state index is 0.0772. The molecule has 0 amide bonds. The Morgan fingerprint density at radius 1 is 0.949 bits per heavy atom. The van der Waals surface area contributed by atoms with E-state index >= 15 is 0 Å². The van der Waals surface area contributed by atoms with Crippen LogP contribution in [0, 0.1) is 0 Å². The van der Waals surface area contributed by atoms with Gasteiger partial charge in [0.05, 0.1) is 30.5 Å². The molecule has 12 nitrogen and oxygen atoms in total. The van der Waals surface area contributed by atoms with Crippen molar-refractivity contribution in [2.24, 2.45) is 0 Å². The standard InChI is InChI=1S/C27H30O12/c1-11-22(31)14(30)8-16(36-11)21-18(38-27-26(35)25(34)23(32)19(10-28)39-27)9-17-20(24(21)33)13(29)7-15(37-17)12-5-3-2-4-6-12/h2-7,9,11,14,16,19,22-23,25-28,30-35H,8,10H2,1H3. The number of hydrogen-bond donors (Lipinski definition) is 7. The van der Waals surface area contributed by atoms with Crippen LogP contribution >= 0.6 is 0 Å². The first-order chi connectivity index (χ1) is 18.6. The molecule has 2 aromatic carbocycles. The Hall–Kier alpha value is -3.07. The minimum Gasteiger partial charge on any atom is -0.506 e. The van der Waals surface area contributed by atoms with Crippen molar-refractivity contribution in [1.29, 1.82) is 0 Å². The van der Waals surface area contributed by atoms with Gasteiger partial charge in [-0.15, -0.1) is 0 Å². The summed E-state index contributed by atoms with van der Waals surface area (Å²) in [7, 11) is 0. The van der Waals surface area contributed by atoms with Crippen LogP contribution in [0.15, 0.2) is 51.7 Å². The van der Waals surface area contributed by atoms with Gasteiger partial charge < -0.3 is 54.4 Å². The molecule has 2 aliphatic heterocycles. The van der Waals surface area contributed by atoms with Crippen LogP contribution in [0.4, 0.5) is 0 Å². The second-order valence-electron chi connectivity index (χ2n) is 9.79. The van der Waals surface area contributed by atoms with Crippen LogP contribution in [-0.4, -0.2) is 91.4 Å². The number of ether oxygens (including phenoxy) is 3. The number of aromatic hydroxyl groups is 1. The van der Waals surface area contributed by atoms with Crippen molar-refractivity contribution in [2.75, 3.05) is 6.61 Å². The van der Waals surface area contributed by atoms with E-state index in [0.29, 0.717) is 5.56 Å². The Labute approximate surface area is 221 Å². The number of hydrogen-bond acceptors (Lipinski definition) is 12. The van der Waals surface area contributed by atoms with Gasteiger partial charge in [0.25, 0.3) is 0 Å². The van der Waals surface area contributed by atoms with Gasteiger partial charge in [-0.25, -0.2) is 0 Å². The van der Waals surface area contributed by atoms with Crippen molar-refractivity contribution in [3.05, 3.63) is 58.3 Å². The molecule has 0 bridgehead atoms. The summed E-state index contributed by atoms with van der Waals surface area (Å²) in [6.07, 6.45) is -12.6. The average Bonchev–Trinajstić information content (AvgIpc) is 2.92. The van der Waals surface area contributed by atoms with E-state index in [1.807, 2.05) is 0 Å². The summed E-state index contributed by atoms with van der Waals surface area (Å²) < 4.78 is 23.1. The predicted molar refractivity (Wildman–Crippen MR) is 134 cm³/mol. The summed E-state index contributed by atoms with van der Waals surface area (Å²) in [6, 6.07) is 11.3. The zero-order valence-electron chi connectivity index (χ0n) is 20.8. The first-order valence-electron chi connectivity index (χ1n) is 12.5. The summed E-state index contributed by atoms with van der Waals surface area (Å²) in [5.74, 6) is -0.542. The zero-order valence-corrected chi connectivity index (χ0v) is 20.8. The summed E-state index contributed by atoms with van der Waals surface area (Å²) in [5.41, 5.74) is -0.139. The lowest BCUT2D eigenvalue weighted by Crippen LogP contribution is -2.60. The van der Waals surface area contributed by atoms with Gasteiger partial charge in [0.15, 0.2) is 5.43 Å². The summed E-state index contributed by atoms with van der Waals surface area (Å²) >= 11 is 0. The van der Waals surface area contributed by atoms with Crippen LogP contribution in [-0.2, 0) is 9.47 Å². The van der Waals surface area contributed by atoms with E-state index in [1.165, 1.54) is 19.1 Å². The highest BCUT2D eigenvalue weighted by Gasteiger charge is 2.46. The highest BCUT2D eigenvalue weighted by molar-refractivity contribution is 5.88. The second-order valence-corrected chi connectivity index (χ2v) is 9.79. The van der Waals surface area contributed by atoms with E-state index < -0.39 is 72.9 Å². The number of fused-ring (bicyclic) bond motifs is 1. The number of benzene rings is 2. The first kappa shape index (κ1) is 27.5. The third-order valence-corrected chi connectivity index (χ3v) is 7.18. The van der Waals surface area contributed by atoms with Gasteiger partial charge in [0.2, 0.25) is 6.29 Å². The number of aliphatic hydroxyl groups is 6. The molecule has 7 N–H and O–H groups in total. The lowest BCUT2D eigenvalue weighted by molar-refractivity contribution is -0.277. The first-order valence-corrected chi connectivity index (χ1v) is 12.5. The molecule has 0 aliphatic carbocycles. The Balaban J connectivity index is 1.65. The van der Waals surface area contributed by atoms with Gasteiger partial charge in [0, 0.05) is 24.1 Å². The van der Waals surface area contributed by atoms with Gasteiger partial charge in [0.1, 0.15) is 58.7 Å². The van der Waals surface area contributed by atoms with E-state index in [0.717, 1.165) is 0 Å². The van der Waals surface area contributed by atoms with Crippen LogP contribution in [0.25, 0.3) is 22.3 Å². The molecule has 9 unspecified atom stereocenters. The second kappa shape index (κ2) is 10.8. The van der Waals surface area contributed by atoms with Crippen molar-refractivity contribution >= 4 is 11.0 Å². The molecule has 9 atom stereocenters. The molecule has 2 aliphatic rings. The van der Waals surface area contributed by atoms with E-state index in [-0.39, 0.29) is 34.5 Å². The Kier molecular flexibility index (Phi) is 7.64. The van der Waals surface area contributed by atoms with E-state index in [4.69, 9.17) is 18.6 Å². The maximum atomic E-state index is 13.2. The molecule has 0 saturated carbocycles. The lowest BCUT2D eigenvalue weighted by Gasteiger charge is -2.40. The van der Waals surface area contributed by atoms with Crippen LogP contribution in [0.1, 0.15) is 25.0 Å². The highest BCUT2D eigenvalue weighted by atomic mass is 16.7. The summed E-state index contributed by atoms with van der Waals surface area (Å²) in [5, 5.41) is 72.2. The number of phenolic OH excluding ortho intramolecular Hbond substituents is 1. The van der Waals surface area contributed by atoms with Gasteiger partial charge >= 0.3 is 0 Å². The molecule has 3 heterocycles. The molecule has 39 heavy (non-hydrogen) atoms. The molecule has 5 rings (SSSR count). The fraction of sp³-hybridized carbons (Fsp3) is 0.444. The van der Waals surface area contributed by atoms with Gasteiger partial charge in [-0.1, -0.05) is 30.3 Å². The summed E-state index contributed by atoms with van der Waals surface area (Å²) in [4.78, 5) is 13.2. The Bertz CT molecular complexity index is 1360. The van der Waals surface area contributed by atoms with Crippen molar-refractivity contribution in [2.45, 2.75) is 68.5 Å². The van der Waals surface area contributed by atoms with E-state index in [2.05, 4.69) is 0 Å². The molecule has 3 aromatic rings. The van der Waals surface area contributed by atoms with Crippen molar-refractivity contribution < 1.29 is 54.4 Å². The molecule has 2 saturated heterocycles. The molecular formula is C27H30O12. The van der Waals surface area contributed by atoms with Gasteiger partial charge in [-0.05, 0) is 6.92 Å². The zero-order chi connectivity index (χ0) is 28.0. The Morgan fingerprint density at radius 3 is 2.33 bits per heavy atom. The molecule has 2 fully saturated rings. The van der Waals surface area contributed by atoms with Crippen LogP contribution in [0.2, 0.25) is 0 Å². The fourth-order valence-electron chi connectivity index (χ4n) is 4.99. The van der Waals surface area contributed by atoms with Crippen molar-refractivity contribution in [3.8, 4) is 22.8 Å². The van der Waals surface area contributed by atoms with Crippen LogP contribution in [0.5, 0.6) is 11.5 Å². The van der Waals surface area contributed by atoms with Crippen LogP contribution in [0.3, 0.4) is 0 Å². The Morgan fingerprint density at radius 2 is 1.67 bits per heavy atom. The summed E-state index contributed by atoms with van der Waals surface area (Å²) in [6.45, 7) is 0.833. The molecular weight excluding hydrogens is 516 g/mol.